The van der Waals surface area contributed by atoms with E-state index in [1.54, 1.807) is 32.0 Å². The van der Waals surface area contributed by atoms with Gasteiger partial charge in [-0.3, -0.25) is 0 Å². The van der Waals surface area contributed by atoms with Crippen molar-refractivity contribution in [3.63, 3.8) is 0 Å². The highest BCUT2D eigenvalue weighted by Crippen LogP contribution is 2.35. The first-order valence-corrected chi connectivity index (χ1v) is 15.9. The van der Waals surface area contributed by atoms with Crippen LogP contribution in [0, 0.1) is 27.7 Å². The van der Waals surface area contributed by atoms with Gasteiger partial charge in [0.1, 0.15) is 9.79 Å². The summed E-state index contributed by atoms with van der Waals surface area (Å²) in [6.45, 7) is 7.18. The summed E-state index contributed by atoms with van der Waals surface area (Å²) in [7, 11) is -13.0. The zero-order valence-electron chi connectivity index (χ0n) is 21.2. The van der Waals surface area contributed by atoms with E-state index < -0.39 is 40.4 Å². The Bertz CT molecular complexity index is 1860. The van der Waals surface area contributed by atoms with E-state index >= 15 is 0 Å². The maximum Gasteiger partial charge on any atom is 0.339 e. The van der Waals surface area contributed by atoms with Gasteiger partial charge in [0.2, 0.25) is 19.7 Å². The molecule has 4 aromatic carbocycles. The minimum atomic E-state index is -4.42. The minimum absolute atomic E-state index is 0.0132. The first kappa shape index (κ1) is 27.6. The van der Waals surface area contributed by atoms with Crippen LogP contribution in [-0.4, -0.2) is 25.3 Å². The molecule has 0 heterocycles. The number of hydrogen-bond donors (Lipinski definition) is 0. The fraction of sp³-hybridized carbons (Fsp3) is 0.143. The third-order valence-corrected chi connectivity index (χ3v) is 11.1. The second-order valence-electron chi connectivity index (χ2n) is 8.96. The smallest absolute Gasteiger partial charge is 0.339 e. The summed E-state index contributed by atoms with van der Waals surface area (Å²) in [6, 6.07) is 19.5. The second-order valence-corrected chi connectivity index (χ2v) is 14.4. The average Bonchev–Trinajstić information content (AvgIpc) is 2.87. The molecule has 0 spiro atoms. The van der Waals surface area contributed by atoms with Crippen LogP contribution in [0.4, 0.5) is 0 Å². The molecule has 0 amide bonds. The Hall–Kier alpha value is -3.47. The minimum Gasteiger partial charge on any atom is -0.378 e. The maximum absolute atomic E-state index is 13.8. The Morgan fingerprint density at radius 2 is 0.947 bits per heavy atom. The van der Waals surface area contributed by atoms with E-state index in [4.69, 9.17) is 4.18 Å². The zero-order valence-corrected chi connectivity index (χ0v) is 23.6. The van der Waals surface area contributed by atoms with E-state index in [9.17, 15) is 25.3 Å². The van der Waals surface area contributed by atoms with Crippen LogP contribution in [0.2, 0.25) is 0 Å². The van der Waals surface area contributed by atoms with E-state index in [0.29, 0.717) is 5.56 Å². The largest absolute Gasteiger partial charge is 0.378 e. The lowest BCUT2D eigenvalue weighted by atomic mass is 10.1. The summed E-state index contributed by atoms with van der Waals surface area (Å²) >= 11 is 0. The monoisotopic (exact) mass is 570 g/mol. The number of rotatable bonds is 7. The van der Waals surface area contributed by atoms with Gasteiger partial charge >= 0.3 is 10.1 Å². The molecule has 198 valence electrons. The van der Waals surface area contributed by atoms with Crippen molar-refractivity contribution >= 4 is 29.8 Å². The Morgan fingerprint density at radius 3 is 1.47 bits per heavy atom. The van der Waals surface area contributed by atoms with Crippen molar-refractivity contribution in [1.82, 2.24) is 0 Å². The fourth-order valence-electron chi connectivity index (χ4n) is 3.71. The van der Waals surface area contributed by atoms with Gasteiger partial charge in [0.15, 0.2) is 5.75 Å². The summed E-state index contributed by atoms with van der Waals surface area (Å²) < 4.78 is 85.7. The first-order chi connectivity index (χ1) is 17.7. The molecule has 0 aliphatic heterocycles. The predicted molar refractivity (Wildman–Crippen MR) is 143 cm³/mol. The maximum atomic E-state index is 13.8. The fourth-order valence-corrected chi connectivity index (χ4v) is 7.67. The Kier molecular flexibility index (Phi) is 7.26. The Labute approximate surface area is 223 Å². The average molecular weight is 571 g/mol. The van der Waals surface area contributed by atoms with Crippen molar-refractivity contribution in [2.75, 3.05) is 0 Å². The van der Waals surface area contributed by atoms with E-state index in [2.05, 4.69) is 0 Å². The molecule has 0 saturated carbocycles. The van der Waals surface area contributed by atoms with Crippen LogP contribution < -0.4 is 4.18 Å². The molecular weight excluding hydrogens is 545 g/mol. The molecule has 0 bridgehead atoms. The molecule has 0 aromatic heterocycles. The lowest BCUT2D eigenvalue weighted by Gasteiger charge is -2.15. The van der Waals surface area contributed by atoms with Gasteiger partial charge in [-0.05, 0) is 105 Å². The van der Waals surface area contributed by atoms with E-state index in [-0.39, 0.29) is 19.6 Å². The molecule has 0 N–H and O–H groups in total. The van der Waals surface area contributed by atoms with Gasteiger partial charge in [-0.1, -0.05) is 30.3 Å². The summed E-state index contributed by atoms with van der Waals surface area (Å²) in [5.41, 5.74) is 3.21. The molecule has 4 aromatic rings. The number of sulfone groups is 2. The first-order valence-electron chi connectivity index (χ1n) is 11.5. The van der Waals surface area contributed by atoms with Crippen LogP contribution in [0.3, 0.4) is 0 Å². The lowest BCUT2D eigenvalue weighted by Crippen LogP contribution is -2.14. The van der Waals surface area contributed by atoms with Gasteiger partial charge in [0.25, 0.3) is 0 Å². The standard InChI is InChI=1S/C28H26O7S3/c1-19-10-12-24(16-21(19)3)36(29,30)26-14-15-27(35-38(33,34)23-8-6-5-7-9-23)28(18-26)37(31,32)25-13-11-20(2)22(4)17-25/h5-18H,1-4H3. The zero-order chi connectivity index (χ0) is 27.9. The third-order valence-electron chi connectivity index (χ3n) is 6.32. The topological polar surface area (TPSA) is 112 Å². The molecule has 0 radical (unpaired) electrons. The molecule has 0 atom stereocenters. The summed E-state index contributed by atoms with van der Waals surface area (Å²) in [5.74, 6) is -0.508. The summed E-state index contributed by atoms with van der Waals surface area (Å²) in [6.07, 6.45) is 0. The molecule has 38 heavy (non-hydrogen) atoms. The Morgan fingerprint density at radius 1 is 0.474 bits per heavy atom. The van der Waals surface area contributed by atoms with Crippen molar-refractivity contribution in [3.8, 4) is 5.75 Å². The van der Waals surface area contributed by atoms with Crippen LogP contribution >= 0.6 is 0 Å². The van der Waals surface area contributed by atoms with Gasteiger partial charge in [-0.15, -0.1) is 0 Å². The predicted octanol–water partition coefficient (Wildman–Crippen LogP) is 5.35. The van der Waals surface area contributed by atoms with Crippen LogP contribution in [0.15, 0.2) is 109 Å². The molecule has 0 fully saturated rings. The van der Waals surface area contributed by atoms with Crippen molar-refractivity contribution in [1.29, 1.82) is 0 Å². The second kappa shape index (κ2) is 10.0. The number of hydrogen-bond acceptors (Lipinski definition) is 7. The van der Waals surface area contributed by atoms with Crippen LogP contribution in [0.1, 0.15) is 22.3 Å². The summed E-state index contributed by atoms with van der Waals surface area (Å²) in [5, 5.41) is 0. The molecule has 10 heteroatoms. The lowest BCUT2D eigenvalue weighted by molar-refractivity contribution is 0.478. The van der Waals surface area contributed by atoms with Crippen LogP contribution in [0.5, 0.6) is 5.75 Å². The van der Waals surface area contributed by atoms with E-state index in [1.807, 2.05) is 13.8 Å². The van der Waals surface area contributed by atoms with Gasteiger partial charge in [-0.2, -0.15) is 8.42 Å². The SMILES string of the molecule is Cc1ccc(S(=O)(=O)c2ccc(OS(=O)(=O)c3ccccc3)c(S(=O)(=O)c3ccc(C)c(C)c3)c2)cc1C. The van der Waals surface area contributed by atoms with Crippen LogP contribution in [0.25, 0.3) is 0 Å². The van der Waals surface area contributed by atoms with Crippen molar-refractivity contribution in [2.24, 2.45) is 0 Å². The molecule has 7 nitrogen and oxygen atoms in total. The van der Waals surface area contributed by atoms with E-state index in [1.165, 1.54) is 48.5 Å². The molecule has 0 saturated heterocycles. The van der Waals surface area contributed by atoms with Gasteiger partial charge in [0.05, 0.1) is 14.7 Å². The highest BCUT2D eigenvalue weighted by atomic mass is 32.2. The van der Waals surface area contributed by atoms with E-state index in [0.717, 1.165) is 34.9 Å². The highest BCUT2D eigenvalue weighted by molar-refractivity contribution is 7.92. The van der Waals surface area contributed by atoms with Crippen molar-refractivity contribution in [2.45, 2.75) is 52.2 Å². The van der Waals surface area contributed by atoms with Crippen molar-refractivity contribution < 1.29 is 29.4 Å². The molecule has 0 aliphatic carbocycles. The highest BCUT2D eigenvalue weighted by Gasteiger charge is 2.30. The van der Waals surface area contributed by atoms with Gasteiger partial charge in [-0.25, -0.2) is 16.8 Å². The summed E-state index contributed by atoms with van der Waals surface area (Å²) in [4.78, 5) is -1.21. The molecular formula is C28H26O7S3. The number of aryl methyl sites for hydroxylation is 4. The Balaban J connectivity index is 1.93. The quantitative estimate of drug-likeness (QED) is 0.275. The molecule has 0 aliphatic rings. The van der Waals surface area contributed by atoms with Gasteiger partial charge < -0.3 is 4.18 Å². The van der Waals surface area contributed by atoms with Crippen molar-refractivity contribution in [3.05, 3.63) is 107 Å². The third kappa shape index (κ3) is 5.24. The number of benzene rings is 4. The molecule has 0 unspecified atom stereocenters. The van der Waals surface area contributed by atoms with Crippen LogP contribution in [-0.2, 0) is 29.8 Å². The normalized spacial score (nSPS) is 12.3. The molecule has 4 rings (SSSR count). The van der Waals surface area contributed by atoms with Gasteiger partial charge in [0, 0.05) is 0 Å².